The third-order valence-corrected chi connectivity index (χ3v) is 7.36. The highest BCUT2D eigenvalue weighted by molar-refractivity contribution is 7.92. The Morgan fingerprint density at radius 3 is 2.25 bits per heavy atom. The van der Waals surface area contributed by atoms with Gasteiger partial charge in [0.05, 0.1) is 10.7 Å². The number of hydrogen-bond donors (Lipinski definition) is 2. The van der Waals surface area contributed by atoms with Crippen molar-refractivity contribution in [2.45, 2.75) is 11.8 Å². The Labute approximate surface area is 218 Å². The molecule has 4 aromatic rings. The maximum absolute atomic E-state index is 13.1. The summed E-state index contributed by atoms with van der Waals surface area (Å²) in [5.74, 6) is -0.946. The number of ketones is 1. The van der Waals surface area contributed by atoms with Crippen LogP contribution in [-0.4, -0.2) is 20.1 Å². The van der Waals surface area contributed by atoms with Crippen LogP contribution in [0, 0.1) is 6.92 Å². The topological polar surface area (TPSA) is 92.3 Å². The van der Waals surface area contributed by atoms with Gasteiger partial charge in [0, 0.05) is 27.4 Å². The van der Waals surface area contributed by atoms with Crippen LogP contribution in [0.4, 0.5) is 11.4 Å². The average Bonchev–Trinajstić information content (AvgIpc) is 2.85. The molecule has 0 fully saturated rings. The maximum Gasteiger partial charge on any atom is 0.263 e. The molecule has 0 aromatic heterocycles. The van der Waals surface area contributed by atoms with E-state index in [-0.39, 0.29) is 32.5 Å². The van der Waals surface area contributed by atoms with Crippen molar-refractivity contribution < 1.29 is 18.0 Å². The highest BCUT2D eigenvalue weighted by Gasteiger charge is 2.22. The highest BCUT2D eigenvalue weighted by Crippen LogP contribution is 2.28. The van der Waals surface area contributed by atoms with Crippen molar-refractivity contribution in [3.63, 3.8) is 0 Å². The van der Waals surface area contributed by atoms with Crippen molar-refractivity contribution in [1.29, 1.82) is 0 Å². The quantitative estimate of drug-likeness (QED) is 0.259. The van der Waals surface area contributed by atoms with E-state index in [1.807, 2.05) is 13.0 Å². The van der Waals surface area contributed by atoms with Crippen LogP contribution in [-0.2, 0) is 10.0 Å². The molecule has 182 valence electrons. The number of carbonyl (C=O) groups is 2. The molecule has 0 aliphatic heterocycles. The van der Waals surface area contributed by atoms with Crippen molar-refractivity contribution in [3.05, 3.63) is 123 Å². The molecule has 0 saturated heterocycles. The van der Waals surface area contributed by atoms with Crippen LogP contribution in [0.1, 0.15) is 31.8 Å². The number of anilines is 2. The molecule has 1 amide bonds. The Morgan fingerprint density at radius 1 is 0.778 bits per heavy atom. The lowest BCUT2D eigenvalue weighted by molar-refractivity contribution is 0.102. The molecule has 0 radical (unpaired) electrons. The number of halogens is 2. The van der Waals surface area contributed by atoms with E-state index in [0.717, 1.165) is 5.56 Å². The van der Waals surface area contributed by atoms with Gasteiger partial charge in [-0.3, -0.25) is 14.3 Å². The summed E-state index contributed by atoms with van der Waals surface area (Å²) in [6.07, 6.45) is 0. The fourth-order valence-electron chi connectivity index (χ4n) is 3.52. The highest BCUT2D eigenvalue weighted by atomic mass is 35.5. The van der Waals surface area contributed by atoms with Gasteiger partial charge in [-0.15, -0.1) is 0 Å². The number of rotatable bonds is 7. The lowest BCUT2D eigenvalue weighted by atomic mass is 10.0. The molecular weight excluding hydrogens is 519 g/mol. The minimum absolute atomic E-state index is 0.0390. The second kappa shape index (κ2) is 10.5. The number of carbonyl (C=O) groups excluding carboxylic acids is 2. The van der Waals surface area contributed by atoms with Crippen LogP contribution in [0.15, 0.2) is 95.9 Å². The van der Waals surface area contributed by atoms with Crippen LogP contribution in [0.3, 0.4) is 0 Å². The molecular formula is C27H20Cl2N2O4S. The van der Waals surface area contributed by atoms with E-state index in [0.29, 0.717) is 16.3 Å². The summed E-state index contributed by atoms with van der Waals surface area (Å²) >= 11 is 12.3. The fraction of sp³-hybridized carbons (Fsp3) is 0.0370. The molecule has 0 spiro atoms. The van der Waals surface area contributed by atoms with E-state index in [9.17, 15) is 18.0 Å². The van der Waals surface area contributed by atoms with Crippen molar-refractivity contribution in [1.82, 2.24) is 0 Å². The van der Waals surface area contributed by atoms with Crippen LogP contribution in [0.2, 0.25) is 10.0 Å². The van der Waals surface area contributed by atoms with Crippen LogP contribution >= 0.6 is 23.2 Å². The standard InChI is InChI=1S/C27H20Cl2N2O4S/c1-17-6-5-9-21(14-17)31-36(34,35)25-15-19(10-12-23(25)29)27(33)30-24-13-11-20(28)16-22(24)26(32)18-7-3-2-4-8-18/h2-16,31H,1H3,(H,30,33). The molecule has 6 nitrogen and oxygen atoms in total. The molecule has 0 bridgehead atoms. The summed E-state index contributed by atoms with van der Waals surface area (Å²) in [4.78, 5) is 25.9. The molecule has 0 saturated carbocycles. The van der Waals surface area contributed by atoms with Gasteiger partial charge in [-0.2, -0.15) is 0 Å². The van der Waals surface area contributed by atoms with Crippen LogP contribution in [0.25, 0.3) is 0 Å². The Kier molecular flexibility index (Phi) is 7.45. The lowest BCUT2D eigenvalue weighted by Gasteiger charge is -2.13. The zero-order valence-electron chi connectivity index (χ0n) is 19.0. The van der Waals surface area contributed by atoms with E-state index in [4.69, 9.17) is 23.2 Å². The minimum Gasteiger partial charge on any atom is -0.321 e. The summed E-state index contributed by atoms with van der Waals surface area (Å²) in [7, 11) is -4.09. The molecule has 0 heterocycles. The van der Waals surface area contributed by atoms with Crippen molar-refractivity contribution in [2.24, 2.45) is 0 Å². The third-order valence-electron chi connectivity index (χ3n) is 5.26. The van der Waals surface area contributed by atoms with Crippen LogP contribution < -0.4 is 10.0 Å². The first kappa shape index (κ1) is 25.4. The number of benzene rings is 4. The number of nitrogens with one attached hydrogen (secondary N) is 2. The first-order valence-electron chi connectivity index (χ1n) is 10.7. The van der Waals surface area contributed by atoms with E-state index in [2.05, 4.69) is 10.0 Å². The summed E-state index contributed by atoms with van der Waals surface area (Å²) < 4.78 is 28.5. The Balaban J connectivity index is 1.64. The summed E-state index contributed by atoms with van der Waals surface area (Å²) in [6.45, 7) is 1.84. The smallest absolute Gasteiger partial charge is 0.263 e. The lowest BCUT2D eigenvalue weighted by Crippen LogP contribution is -2.18. The number of sulfonamides is 1. The Bertz CT molecular complexity index is 1570. The second-order valence-corrected chi connectivity index (χ2v) is 10.5. The number of aryl methyl sites for hydroxylation is 1. The largest absolute Gasteiger partial charge is 0.321 e. The molecule has 9 heteroatoms. The number of hydrogen-bond acceptors (Lipinski definition) is 4. The van der Waals surface area contributed by atoms with E-state index < -0.39 is 15.9 Å². The maximum atomic E-state index is 13.1. The first-order chi connectivity index (χ1) is 17.1. The second-order valence-electron chi connectivity index (χ2n) is 7.96. The van der Waals surface area contributed by atoms with Gasteiger partial charge < -0.3 is 5.32 Å². The van der Waals surface area contributed by atoms with Gasteiger partial charge in [-0.1, -0.05) is 65.7 Å². The van der Waals surface area contributed by atoms with Gasteiger partial charge in [-0.05, 0) is 61.0 Å². The van der Waals surface area contributed by atoms with E-state index in [1.54, 1.807) is 54.6 Å². The molecule has 4 aromatic carbocycles. The first-order valence-corrected chi connectivity index (χ1v) is 13.0. The van der Waals surface area contributed by atoms with E-state index in [1.165, 1.54) is 30.3 Å². The van der Waals surface area contributed by atoms with Gasteiger partial charge in [0.2, 0.25) is 0 Å². The predicted octanol–water partition coefficient (Wildman–Crippen LogP) is 6.59. The average molecular weight is 539 g/mol. The molecule has 0 unspecified atom stereocenters. The third kappa shape index (κ3) is 5.76. The van der Waals surface area contributed by atoms with Gasteiger partial charge in [-0.25, -0.2) is 8.42 Å². The van der Waals surface area contributed by atoms with Crippen molar-refractivity contribution in [3.8, 4) is 0 Å². The normalized spacial score (nSPS) is 11.1. The van der Waals surface area contributed by atoms with Crippen molar-refractivity contribution >= 4 is 56.3 Å². The number of amides is 1. The Morgan fingerprint density at radius 2 is 1.53 bits per heavy atom. The molecule has 2 N–H and O–H groups in total. The summed E-state index contributed by atoms with van der Waals surface area (Å²) in [6, 6.07) is 23.9. The SMILES string of the molecule is Cc1cccc(NS(=O)(=O)c2cc(C(=O)Nc3ccc(Cl)cc3C(=O)c3ccccc3)ccc2Cl)c1. The van der Waals surface area contributed by atoms with Gasteiger partial charge in [0.15, 0.2) is 5.78 Å². The monoisotopic (exact) mass is 538 g/mol. The van der Waals surface area contributed by atoms with Crippen molar-refractivity contribution in [2.75, 3.05) is 10.0 Å². The van der Waals surface area contributed by atoms with Gasteiger partial charge >= 0.3 is 0 Å². The Hall–Kier alpha value is -3.65. The fourth-order valence-corrected chi connectivity index (χ4v) is 5.27. The molecule has 36 heavy (non-hydrogen) atoms. The van der Waals surface area contributed by atoms with E-state index >= 15 is 0 Å². The zero-order chi connectivity index (χ0) is 25.9. The van der Waals surface area contributed by atoms with Gasteiger partial charge in [0.1, 0.15) is 4.90 Å². The molecule has 0 aliphatic rings. The summed E-state index contributed by atoms with van der Waals surface area (Å²) in [5, 5.41) is 2.97. The molecule has 4 rings (SSSR count). The minimum atomic E-state index is -4.09. The zero-order valence-corrected chi connectivity index (χ0v) is 21.3. The molecule has 0 aliphatic carbocycles. The molecule has 0 atom stereocenters. The van der Waals surface area contributed by atoms with Gasteiger partial charge in [0.25, 0.3) is 15.9 Å². The predicted molar refractivity (Wildman–Crippen MR) is 143 cm³/mol. The van der Waals surface area contributed by atoms with Crippen LogP contribution in [0.5, 0.6) is 0 Å². The summed E-state index contributed by atoms with van der Waals surface area (Å²) in [5.41, 5.74) is 2.14.